The maximum absolute atomic E-state index is 6.88. The van der Waals surface area contributed by atoms with Crippen LogP contribution in [0, 0.1) is 13.8 Å². The SMILES string of the molecule is COc1c(C)cnc(COC(c2ccccc2)(c2ccccc2)c2ccccc2)c1C. The summed E-state index contributed by atoms with van der Waals surface area (Å²) in [6.45, 7) is 4.39. The van der Waals surface area contributed by atoms with Crippen molar-refractivity contribution in [2.24, 2.45) is 0 Å². The molecular weight excluding hydrogens is 382 g/mol. The first-order valence-corrected chi connectivity index (χ1v) is 10.5. The lowest BCUT2D eigenvalue weighted by molar-refractivity contribution is -0.00175. The van der Waals surface area contributed by atoms with Crippen molar-refractivity contribution in [3.05, 3.63) is 131 Å². The largest absolute Gasteiger partial charge is 0.496 e. The highest BCUT2D eigenvalue weighted by Gasteiger charge is 2.37. The third-order valence-electron chi connectivity index (χ3n) is 5.72. The second kappa shape index (κ2) is 9.15. The number of nitrogens with zero attached hydrogens (tertiary/aromatic N) is 1. The number of ether oxygens (including phenoxy) is 2. The molecule has 0 saturated heterocycles. The third kappa shape index (κ3) is 3.97. The van der Waals surface area contributed by atoms with Crippen molar-refractivity contribution in [1.29, 1.82) is 0 Å². The summed E-state index contributed by atoms with van der Waals surface area (Å²) in [7, 11) is 1.70. The molecule has 0 unspecified atom stereocenters. The molecule has 0 aliphatic rings. The minimum absolute atomic E-state index is 0.348. The quantitative estimate of drug-likeness (QED) is 0.340. The Labute approximate surface area is 184 Å². The van der Waals surface area contributed by atoms with E-state index in [4.69, 9.17) is 9.47 Å². The lowest BCUT2D eigenvalue weighted by atomic mass is 9.80. The average molecular weight is 410 g/mol. The standard InChI is InChI=1S/C28H27NO2/c1-21-19-29-26(22(2)27(21)30-3)20-31-28(23-13-7-4-8-14-23,24-15-9-5-10-16-24)25-17-11-6-12-18-25/h4-19H,20H2,1-3H3. The second-order valence-corrected chi connectivity index (χ2v) is 7.61. The normalized spacial score (nSPS) is 11.3. The molecule has 0 aliphatic heterocycles. The van der Waals surface area contributed by atoms with E-state index in [2.05, 4.69) is 77.8 Å². The molecule has 0 atom stereocenters. The molecule has 1 aromatic heterocycles. The van der Waals surface area contributed by atoms with Gasteiger partial charge in [0.1, 0.15) is 11.4 Å². The van der Waals surface area contributed by atoms with E-state index in [0.29, 0.717) is 6.61 Å². The van der Waals surface area contributed by atoms with E-state index in [0.717, 1.165) is 39.3 Å². The molecular formula is C28H27NO2. The van der Waals surface area contributed by atoms with Gasteiger partial charge in [-0.3, -0.25) is 4.98 Å². The van der Waals surface area contributed by atoms with E-state index < -0.39 is 5.60 Å². The van der Waals surface area contributed by atoms with Gasteiger partial charge in [0, 0.05) is 17.3 Å². The first kappa shape index (κ1) is 20.8. The summed E-state index contributed by atoms with van der Waals surface area (Å²) in [6.07, 6.45) is 1.85. The van der Waals surface area contributed by atoms with Crippen molar-refractivity contribution in [1.82, 2.24) is 4.98 Å². The number of rotatable bonds is 7. The van der Waals surface area contributed by atoms with Gasteiger partial charge in [-0.05, 0) is 30.5 Å². The Balaban J connectivity index is 1.87. The summed E-state index contributed by atoms with van der Waals surface area (Å²) in [5, 5.41) is 0. The van der Waals surface area contributed by atoms with Crippen molar-refractivity contribution < 1.29 is 9.47 Å². The van der Waals surface area contributed by atoms with Crippen LogP contribution in [0.5, 0.6) is 5.75 Å². The van der Waals surface area contributed by atoms with E-state index in [1.807, 2.05) is 38.2 Å². The topological polar surface area (TPSA) is 31.4 Å². The predicted octanol–water partition coefficient (Wildman–Crippen LogP) is 6.22. The summed E-state index contributed by atoms with van der Waals surface area (Å²) < 4.78 is 12.5. The van der Waals surface area contributed by atoms with Crippen molar-refractivity contribution in [3.63, 3.8) is 0 Å². The Morgan fingerprint density at radius 2 is 1.16 bits per heavy atom. The first-order chi connectivity index (χ1) is 15.2. The maximum Gasteiger partial charge on any atom is 0.144 e. The molecule has 0 amide bonds. The molecule has 0 saturated carbocycles. The second-order valence-electron chi connectivity index (χ2n) is 7.61. The monoisotopic (exact) mass is 409 g/mol. The van der Waals surface area contributed by atoms with Crippen molar-refractivity contribution >= 4 is 0 Å². The Bertz CT molecular complexity index is 1030. The number of hydrogen-bond donors (Lipinski definition) is 0. The van der Waals surface area contributed by atoms with Gasteiger partial charge in [0.15, 0.2) is 0 Å². The highest BCUT2D eigenvalue weighted by Crippen LogP contribution is 2.41. The van der Waals surface area contributed by atoms with Crippen LogP contribution in [0.4, 0.5) is 0 Å². The molecule has 0 spiro atoms. The average Bonchev–Trinajstić information content (AvgIpc) is 2.83. The van der Waals surface area contributed by atoms with E-state index in [-0.39, 0.29) is 0 Å². The summed E-state index contributed by atoms with van der Waals surface area (Å²) in [6, 6.07) is 31.1. The highest BCUT2D eigenvalue weighted by molar-refractivity contribution is 5.48. The minimum Gasteiger partial charge on any atom is -0.496 e. The lowest BCUT2D eigenvalue weighted by Gasteiger charge is -2.36. The maximum atomic E-state index is 6.88. The fraction of sp³-hybridized carbons (Fsp3) is 0.179. The molecule has 156 valence electrons. The van der Waals surface area contributed by atoms with Crippen LogP contribution >= 0.6 is 0 Å². The molecule has 0 bridgehead atoms. The van der Waals surface area contributed by atoms with Crippen molar-refractivity contribution in [3.8, 4) is 5.75 Å². The van der Waals surface area contributed by atoms with Crippen LogP contribution in [-0.4, -0.2) is 12.1 Å². The predicted molar refractivity (Wildman–Crippen MR) is 124 cm³/mol. The summed E-state index contributed by atoms with van der Waals surface area (Å²) in [5.74, 6) is 0.860. The molecule has 3 aromatic carbocycles. The van der Waals surface area contributed by atoms with E-state index >= 15 is 0 Å². The molecule has 3 heteroatoms. The van der Waals surface area contributed by atoms with E-state index in [1.165, 1.54) is 0 Å². The molecule has 0 aliphatic carbocycles. The van der Waals surface area contributed by atoms with Gasteiger partial charge in [-0.2, -0.15) is 0 Å². The van der Waals surface area contributed by atoms with Gasteiger partial charge in [0.25, 0.3) is 0 Å². The summed E-state index contributed by atoms with van der Waals surface area (Å²) in [4.78, 5) is 4.67. The fourth-order valence-corrected chi connectivity index (χ4v) is 4.16. The molecule has 3 nitrogen and oxygen atoms in total. The molecule has 4 aromatic rings. The number of methoxy groups -OCH3 is 1. The zero-order valence-corrected chi connectivity index (χ0v) is 18.2. The van der Waals surface area contributed by atoms with Crippen molar-refractivity contribution in [2.75, 3.05) is 7.11 Å². The number of aryl methyl sites for hydroxylation is 1. The molecule has 0 radical (unpaired) electrons. The van der Waals surface area contributed by atoms with Gasteiger partial charge in [-0.25, -0.2) is 0 Å². The Hall–Kier alpha value is -3.43. The van der Waals surface area contributed by atoms with Gasteiger partial charge >= 0.3 is 0 Å². The van der Waals surface area contributed by atoms with Crippen LogP contribution < -0.4 is 4.74 Å². The highest BCUT2D eigenvalue weighted by atomic mass is 16.5. The Morgan fingerprint density at radius 3 is 1.58 bits per heavy atom. The molecule has 0 N–H and O–H groups in total. The van der Waals surface area contributed by atoms with Crippen LogP contribution in [-0.2, 0) is 16.9 Å². The number of pyridine rings is 1. The molecule has 1 heterocycles. The number of aromatic nitrogens is 1. The summed E-state index contributed by atoms with van der Waals surface area (Å²) in [5.41, 5.74) is 5.34. The third-order valence-corrected chi connectivity index (χ3v) is 5.72. The van der Waals surface area contributed by atoms with Gasteiger partial charge in [-0.1, -0.05) is 91.0 Å². The fourth-order valence-electron chi connectivity index (χ4n) is 4.16. The molecule has 0 fully saturated rings. The summed E-state index contributed by atoms with van der Waals surface area (Å²) >= 11 is 0. The van der Waals surface area contributed by atoms with Crippen LogP contribution in [0.2, 0.25) is 0 Å². The lowest BCUT2D eigenvalue weighted by Crippen LogP contribution is -2.33. The zero-order chi connectivity index (χ0) is 21.7. The minimum atomic E-state index is -0.768. The molecule has 4 rings (SSSR count). The zero-order valence-electron chi connectivity index (χ0n) is 18.2. The number of benzene rings is 3. The Morgan fingerprint density at radius 1 is 0.710 bits per heavy atom. The van der Waals surface area contributed by atoms with Crippen LogP contribution in [0.25, 0.3) is 0 Å². The first-order valence-electron chi connectivity index (χ1n) is 10.5. The van der Waals surface area contributed by atoms with Gasteiger partial charge in [-0.15, -0.1) is 0 Å². The van der Waals surface area contributed by atoms with Crippen LogP contribution in [0.15, 0.2) is 97.2 Å². The number of hydrogen-bond acceptors (Lipinski definition) is 3. The van der Waals surface area contributed by atoms with Crippen LogP contribution in [0.3, 0.4) is 0 Å². The Kier molecular flexibility index (Phi) is 6.15. The van der Waals surface area contributed by atoms with Gasteiger partial charge < -0.3 is 9.47 Å². The van der Waals surface area contributed by atoms with Crippen molar-refractivity contribution in [2.45, 2.75) is 26.1 Å². The van der Waals surface area contributed by atoms with Gasteiger partial charge in [0.2, 0.25) is 0 Å². The van der Waals surface area contributed by atoms with Crippen LogP contribution in [0.1, 0.15) is 33.5 Å². The van der Waals surface area contributed by atoms with Gasteiger partial charge in [0.05, 0.1) is 19.4 Å². The smallest absolute Gasteiger partial charge is 0.144 e. The van der Waals surface area contributed by atoms with E-state index in [1.54, 1.807) is 7.11 Å². The van der Waals surface area contributed by atoms with E-state index in [9.17, 15) is 0 Å². The molecule has 31 heavy (non-hydrogen) atoms.